The fourth-order valence-electron chi connectivity index (χ4n) is 2.52. The van der Waals surface area contributed by atoms with Crippen molar-refractivity contribution in [1.29, 1.82) is 0 Å². The summed E-state index contributed by atoms with van der Waals surface area (Å²) < 4.78 is 7.88. The van der Waals surface area contributed by atoms with E-state index >= 15 is 0 Å². The van der Waals surface area contributed by atoms with Gasteiger partial charge in [-0.15, -0.1) is 0 Å². The third kappa shape index (κ3) is 1.80. The summed E-state index contributed by atoms with van der Waals surface area (Å²) in [4.78, 5) is 14.0. The van der Waals surface area contributed by atoms with Crippen LogP contribution in [0, 0.1) is 0 Å². The second-order valence-electron chi connectivity index (χ2n) is 4.46. The Kier molecular flexibility index (Phi) is 2.83. The summed E-state index contributed by atoms with van der Waals surface area (Å²) in [7, 11) is 1.84. The highest BCUT2D eigenvalue weighted by atomic mass is 32.1. The Morgan fingerprint density at radius 1 is 1.44 bits per heavy atom. The molecule has 0 N–H and O–H groups in total. The predicted molar refractivity (Wildman–Crippen MR) is 69.5 cm³/mol. The molecule has 0 spiro atoms. The van der Waals surface area contributed by atoms with Crippen molar-refractivity contribution >= 4 is 17.6 Å². The van der Waals surface area contributed by atoms with E-state index in [0.717, 1.165) is 24.6 Å². The van der Waals surface area contributed by atoms with Gasteiger partial charge in [0.15, 0.2) is 5.69 Å². The van der Waals surface area contributed by atoms with Crippen LogP contribution in [0.3, 0.4) is 0 Å². The second-order valence-corrected chi connectivity index (χ2v) is 5.02. The Labute approximate surface area is 110 Å². The number of hydrogen-bond donors (Lipinski definition) is 0. The topological polar surface area (TPSA) is 46.1 Å². The van der Waals surface area contributed by atoms with Gasteiger partial charge < -0.3 is 4.90 Å². The van der Waals surface area contributed by atoms with Crippen molar-refractivity contribution in [3.05, 3.63) is 47.3 Å². The van der Waals surface area contributed by atoms with Gasteiger partial charge in [0, 0.05) is 7.05 Å². The first-order valence-electron chi connectivity index (χ1n) is 5.90. The molecule has 4 nitrogen and oxygen atoms in total. The molecule has 3 rings (SSSR count). The van der Waals surface area contributed by atoms with E-state index < -0.39 is 0 Å². The molecule has 0 saturated carbocycles. The number of fused-ring (bicyclic) bond motifs is 1. The van der Waals surface area contributed by atoms with Crippen LogP contribution in [0.15, 0.2) is 30.5 Å². The zero-order chi connectivity index (χ0) is 12.5. The molecule has 0 saturated heterocycles. The fourth-order valence-corrected chi connectivity index (χ4v) is 2.93. The van der Waals surface area contributed by atoms with E-state index in [0.29, 0.717) is 5.69 Å². The maximum absolute atomic E-state index is 12.2. The van der Waals surface area contributed by atoms with Gasteiger partial charge in [0.05, 0.1) is 24.0 Å². The van der Waals surface area contributed by atoms with Crippen molar-refractivity contribution < 1.29 is 4.79 Å². The molecule has 18 heavy (non-hydrogen) atoms. The molecule has 1 aromatic carbocycles. The Bertz CT molecular complexity index is 567. The summed E-state index contributed by atoms with van der Waals surface area (Å²) in [5.74, 6) is -0.0505. The van der Waals surface area contributed by atoms with Crippen molar-refractivity contribution in [1.82, 2.24) is 13.6 Å². The van der Waals surface area contributed by atoms with Crippen LogP contribution in [0.4, 0.5) is 0 Å². The summed E-state index contributed by atoms with van der Waals surface area (Å²) in [5.41, 5.74) is 3.04. The molecule has 0 radical (unpaired) electrons. The lowest BCUT2D eigenvalue weighted by atomic mass is 10.1. The number of aryl methyl sites for hydroxylation is 1. The lowest BCUT2D eigenvalue weighted by molar-refractivity contribution is 0.0725. The lowest BCUT2D eigenvalue weighted by Gasteiger charge is -2.24. The molecule has 2 aromatic rings. The molecular formula is C13H13N3OS. The van der Waals surface area contributed by atoms with Gasteiger partial charge in [-0.1, -0.05) is 24.3 Å². The molecule has 1 aromatic heterocycles. The summed E-state index contributed by atoms with van der Waals surface area (Å²) in [5, 5.41) is 0. The minimum absolute atomic E-state index is 0.0505. The summed E-state index contributed by atoms with van der Waals surface area (Å²) >= 11 is 1.07. The molecule has 0 aliphatic heterocycles. The molecule has 1 heterocycles. The Hall–Kier alpha value is -1.75. The average molecular weight is 259 g/mol. The highest BCUT2D eigenvalue weighted by Crippen LogP contribution is 2.35. The van der Waals surface area contributed by atoms with Gasteiger partial charge in [0.2, 0.25) is 0 Å². The first-order chi connectivity index (χ1) is 8.77. The molecule has 1 aliphatic rings. The maximum atomic E-state index is 12.2. The Morgan fingerprint density at radius 3 is 3.06 bits per heavy atom. The first-order valence-corrected chi connectivity index (χ1v) is 6.63. The van der Waals surface area contributed by atoms with E-state index in [4.69, 9.17) is 0 Å². The lowest BCUT2D eigenvalue weighted by Crippen LogP contribution is -2.30. The molecular weight excluding hydrogens is 246 g/mol. The molecule has 0 bridgehead atoms. The van der Waals surface area contributed by atoms with Crippen LogP contribution in [0.1, 0.15) is 34.1 Å². The Balaban J connectivity index is 1.87. The normalized spacial score (nSPS) is 17.5. The fraction of sp³-hybridized carbons (Fsp3) is 0.308. The zero-order valence-electron chi connectivity index (χ0n) is 10.0. The maximum Gasteiger partial charge on any atom is 0.275 e. The van der Waals surface area contributed by atoms with Gasteiger partial charge in [0.1, 0.15) is 0 Å². The van der Waals surface area contributed by atoms with Crippen LogP contribution < -0.4 is 0 Å². The third-order valence-electron chi connectivity index (χ3n) is 3.47. The smallest absolute Gasteiger partial charge is 0.275 e. The van der Waals surface area contributed by atoms with Crippen molar-refractivity contribution in [3.63, 3.8) is 0 Å². The van der Waals surface area contributed by atoms with E-state index in [2.05, 4.69) is 20.9 Å². The summed E-state index contributed by atoms with van der Waals surface area (Å²) in [6.07, 6.45) is 3.55. The van der Waals surface area contributed by atoms with E-state index in [9.17, 15) is 4.79 Å². The third-order valence-corrected chi connectivity index (χ3v) is 3.95. The largest absolute Gasteiger partial charge is 0.333 e. The second kappa shape index (κ2) is 4.49. The van der Waals surface area contributed by atoms with Crippen molar-refractivity contribution in [2.45, 2.75) is 18.9 Å². The number of rotatable bonds is 2. The van der Waals surface area contributed by atoms with Crippen LogP contribution in [-0.2, 0) is 6.42 Å². The van der Waals surface area contributed by atoms with Gasteiger partial charge in [0.25, 0.3) is 5.91 Å². The van der Waals surface area contributed by atoms with Gasteiger partial charge in [-0.05, 0) is 24.0 Å². The number of aromatic nitrogens is 2. The molecule has 5 heteroatoms. The quantitative estimate of drug-likeness (QED) is 0.831. The summed E-state index contributed by atoms with van der Waals surface area (Å²) in [6.45, 7) is 0. The predicted octanol–water partition coefficient (Wildman–Crippen LogP) is 2.30. The van der Waals surface area contributed by atoms with Crippen molar-refractivity contribution in [2.24, 2.45) is 0 Å². The first kappa shape index (κ1) is 11.3. The average Bonchev–Trinajstić information content (AvgIpc) is 3.06. The van der Waals surface area contributed by atoms with Crippen LogP contribution in [0.5, 0.6) is 0 Å². The molecule has 92 valence electrons. The molecule has 1 atom stereocenters. The van der Waals surface area contributed by atoms with Gasteiger partial charge >= 0.3 is 0 Å². The minimum atomic E-state index is -0.0505. The van der Waals surface area contributed by atoms with E-state index in [1.54, 1.807) is 4.90 Å². The molecule has 1 unspecified atom stereocenters. The van der Waals surface area contributed by atoms with Crippen LogP contribution in [-0.4, -0.2) is 26.6 Å². The minimum Gasteiger partial charge on any atom is -0.333 e. The molecule has 0 fully saturated rings. The van der Waals surface area contributed by atoms with Gasteiger partial charge in [-0.2, -0.15) is 8.75 Å². The number of carbonyl (C=O) groups is 1. The highest BCUT2D eigenvalue weighted by Gasteiger charge is 2.29. The number of amides is 1. The zero-order valence-corrected chi connectivity index (χ0v) is 10.9. The Morgan fingerprint density at radius 2 is 2.28 bits per heavy atom. The highest BCUT2D eigenvalue weighted by molar-refractivity contribution is 6.99. The number of carbonyl (C=O) groups excluding carboxylic acids is 1. The van der Waals surface area contributed by atoms with Gasteiger partial charge in [-0.3, -0.25) is 4.79 Å². The van der Waals surface area contributed by atoms with Crippen LogP contribution in [0.25, 0.3) is 0 Å². The van der Waals surface area contributed by atoms with Crippen LogP contribution >= 0.6 is 11.7 Å². The standard InChI is InChI=1S/C13H13N3OS/c1-16(13(17)11-8-14-18-15-11)12-7-6-9-4-2-3-5-10(9)12/h2-5,8,12H,6-7H2,1H3. The molecule has 1 amide bonds. The number of benzene rings is 1. The van der Waals surface area contributed by atoms with E-state index in [1.807, 2.05) is 19.2 Å². The number of nitrogens with zero attached hydrogens (tertiary/aromatic N) is 3. The van der Waals surface area contributed by atoms with Crippen molar-refractivity contribution in [2.75, 3.05) is 7.05 Å². The van der Waals surface area contributed by atoms with Crippen LogP contribution in [0.2, 0.25) is 0 Å². The number of hydrogen-bond acceptors (Lipinski definition) is 4. The summed E-state index contributed by atoms with van der Waals surface area (Å²) in [6, 6.07) is 8.48. The van der Waals surface area contributed by atoms with Crippen molar-refractivity contribution in [3.8, 4) is 0 Å². The van der Waals surface area contributed by atoms with Gasteiger partial charge in [-0.25, -0.2) is 0 Å². The monoisotopic (exact) mass is 259 g/mol. The van der Waals surface area contributed by atoms with E-state index in [-0.39, 0.29) is 11.9 Å². The SMILES string of the molecule is CN(C(=O)c1cnsn1)C1CCc2ccccc21. The van der Waals surface area contributed by atoms with E-state index in [1.165, 1.54) is 17.3 Å². The molecule has 1 aliphatic carbocycles.